The standard InChI is InChI=1S/C2H6N2OP/c5-4-3-1-2-6-4/h3,6H,1-2H2/q-1. The van der Waals surface area contributed by atoms with Crippen LogP contribution in [-0.4, -0.2) is 17.6 Å². The van der Waals surface area contributed by atoms with Crippen molar-refractivity contribution in [1.82, 2.24) is 10.4 Å². The first kappa shape index (κ1) is 4.47. The highest BCUT2D eigenvalue weighted by Gasteiger charge is 1.96. The van der Waals surface area contributed by atoms with Crippen LogP contribution in [0.5, 0.6) is 0 Å². The van der Waals surface area contributed by atoms with Gasteiger partial charge in [-0.15, -0.1) is 0 Å². The molecule has 4 heteroatoms. The van der Waals surface area contributed by atoms with E-state index in [1.807, 2.05) is 0 Å². The lowest BCUT2D eigenvalue weighted by atomic mass is 10.8. The van der Waals surface area contributed by atoms with Crippen LogP contribution in [0.3, 0.4) is 0 Å². The number of nitrogens with zero attached hydrogens (tertiary/aromatic N) is 1. The number of rotatable bonds is 0. The molecule has 36 valence electrons. The molecule has 0 aromatic rings. The van der Waals surface area contributed by atoms with Crippen LogP contribution in [-0.2, 0) is 0 Å². The van der Waals surface area contributed by atoms with Gasteiger partial charge in [-0.05, 0) is 14.9 Å². The summed E-state index contributed by atoms with van der Waals surface area (Å²) in [5, 5.41) is 10.1. The van der Waals surface area contributed by atoms with Crippen LogP contribution in [0.2, 0.25) is 0 Å². The molecule has 1 saturated heterocycles. The predicted octanol–water partition coefficient (Wildman–Crippen LogP) is -0.102. The molecule has 1 aliphatic rings. The van der Waals surface area contributed by atoms with Crippen molar-refractivity contribution in [2.24, 2.45) is 0 Å². The summed E-state index contributed by atoms with van der Waals surface area (Å²) in [6.07, 6.45) is 1.02. The summed E-state index contributed by atoms with van der Waals surface area (Å²) in [6.45, 7) is 0.863. The van der Waals surface area contributed by atoms with Crippen LogP contribution in [0.1, 0.15) is 0 Å². The third-order valence-corrected chi connectivity index (χ3v) is 1.55. The molecule has 0 aliphatic carbocycles. The van der Waals surface area contributed by atoms with Gasteiger partial charge in [-0.25, -0.2) is 0 Å². The minimum Gasteiger partial charge on any atom is -0.768 e. The van der Waals surface area contributed by atoms with Crippen molar-refractivity contribution in [1.29, 1.82) is 0 Å². The highest BCUT2D eigenvalue weighted by atomic mass is 31.1. The van der Waals surface area contributed by atoms with Gasteiger partial charge in [0.15, 0.2) is 0 Å². The van der Waals surface area contributed by atoms with Crippen LogP contribution in [0.15, 0.2) is 0 Å². The Kier molecular flexibility index (Phi) is 1.37. The van der Waals surface area contributed by atoms with E-state index >= 15 is 0 Å². The Balaban J connectivity index is 2.18. The van der Waals surface area contributed by atoms with Gasteiger partial charge in [0.2, 0.25) is 0 Å². The van der Waals surface area contributed by atoms with E-state index in [1.165, 1.54) is 0 Å². The second-order valence-electron chi connectivity index (χ2n) is 1.11. The lowest BCUT2D eigenvalue weighted by Gasteiger charge is -2.18. The van der Waals surface area contributed by atoms with Crippen molar-refractivity contribution in [3.8, 4) is 0 Å². The maximum Gasteiger partial charge on any atom is 0.0144 e. The van der Waals surface area contributed by atoms with Crippen LogP contribution < -0.4 is 5.43 Å². The first-order valence-electron chi connectivity index (χ1n) is 1.84. The van der Waals surface area contributed by atoms with Crippen molar-refractivity contribution in [3.05, 3.63) is 5.21 Å². The molecule has 0 amide bonds. The number of hydrogen-bond acceptors (Lipinski definition) is 3. The average molecular weight is 105 g/mol. The smallest absolute Gasteiger partial charge is 0.0144 e. The third-order valence-electron chi connectivity index (χ3n) is 0.636. The lowest BCUT2D eigenvalue weighted by Crippen LogP contribution is -2.18. The van der Waals surface area contributed by atoms with Crippen molar-refractivity contribution >= 4 is 8.73 Å². The van der Waals surface area contributed by atoms with Crippen molar-refractivity contribution < 1.29 is 0 Å². The Bertz CT molecular complexity index is 44.8. The van der Waals surface area contributed by atoms with E-state index in [4.69, 9.17) is 0 Å². The molecule has 0 aromatic heterocycles. The molecule has 1 unspecified atom stereocenters. The molecule has 1 heterocycles. The van der Waals surface area contributed by atoms with Gasteiger partial charge < -0.3 is 10.1 Å². The zero-order valence-corrected chi connectivity index (χ0v) is 4.27. The Hall–Kier alpha value is 0.310. The first-order valence-corrected chi connectivity index (χ1v) is 2.99. The van der Waals surface area contributed by atoms with Crippen molar-refractivity contribution in [3.63, 3.8) is 0 Å². The minimum atomic E-state index is 0.449. The van der Waals surface area contributed by atoms with Gasteiger partial charge in [0.25, 0.3) is 0 Å². The molecule has 1 atom stereocenters. The zero-order valence-electron chi connectivity index (χ0n) is 3.27. The minimum absolute atomic E-state index is 0.449. The number of nitrogens with one attached hydrogen (secondary N) is 1. The van der Waals surface area contributed by atoms with E-state index < -0.39 is 0 Å². The number of hydrogen-bond donors (Lipinski definition) is 1. The summed E-state index contributed by atoms with van der Waals surface area (Å²) < 4.78 is 0. The molecule has 1 fully saturated rings. The largest absolute Gasteiger partial charge is 0.768 e. The fourth-order valence-corrected chi connectivity index (χ4v) is 1.02. The van der Waals surface area contributed by atoms with Gasteiger partial charge in [0.05, 0.1) is 0 Å². The predicted molar refractivity (Wildman–Crippen MR) is 26.4 cm³/mol. The van der Waals surface area contributed by atoms with Crippen LogP contribution in [0.4, 0.5) is 0 Å². The van der Waals surface area contributed by atoms with Gasteiger partial charge in [-0.3, -0.25) is 5.43 Å². The Morgan fingerprint density at radius 3 is 2.83 bits per heavy atom. The fraction of sp³-hybridized carbons (Fsp3) is 1.00. The van der Waals surface area contributed by atoms with E-state index in [2.05, 4.69) is 5.43 Å². The first-order chi connectivity index (χ1) is 2.89. The third kappa shape index (κ3) is 0.884. The molecular formula is C2H6N2OP-. The summed E-state index contributed by atoms with van der Waals surface area (Å²) in [5.74, 6) is 0. The molecule has 0 saturated carbocycles. The molecule has 0 bridgehead atoms. The Morgan fingerprint density at radius 2 is 2.67 bits per heavy atom. The quantitative estimate of drug-likeness (QED) is 0.437. The molecule has 0 spiro atoms. The van der Waals surface area contributed by atoms with Gasteiger partial charge in [-0.1, -0.05) is 0 Å². The van der Waals surface area contributed by atoms with Crippen LogP contribution in [0, 0.1) is 5.21 Å². The average Bonchev–Trinajstić information content (AvgIpc) is 1.86. The summed E-state index contributed by atoms with van der Waals surface area (Å²) in [6, 6.07) is 0. The fourth-order valence-electron chi connectivity index (χ4n) is 0.371. The maximum atomic E-state index is 10.1. The van der Waals surface area contributed by atoms with E-state index in [1.54, 1.807) is 0 Å². The molecule has 6 heavy (non-hydrogen) atoms. The highest BCUT2D eigenvalue weighted by molar-refractivity contribution is 7.35. The molecule has 1 rings (SSSR count). The summed E-state index contributed by atoms with van der Waals surface area (Å²) in [5.41, 5.74) is 2.61. The van der Waals surface area contributed by atoms with Crippen LogP contribution >= 0.6 is 8.73 Å². The second-order valence-corrected chi connectivity index (χ2v) is 2.33. The van der Waals surface area contributed by atoms with Crippen LogP contribution in [0.25, 0.3) is 0 Å². The Labute approximate surface area is 38.1 Å². The molecule has 3 nitrogen and oxygen atoms in total. The van der Waals surface area contributed by atoms with E-state index in [0.29, 0.717) is 8.73 Å². The molecular weight excluding hydrogens is 99.0 g/mol. The van der Waals surface area contributed by atoms with Gasteiger partial charge in [0.1, 0.15) is 0 Å². The Morgan fingerprint density at radius 1 is 1.83 bits per heavy atom. The van der Waals surface area contributed by atoms with Gasteiger partial charge in [-0.2, -0.15) is 0 Å². The molecule has 1 N–H and O–H groups in total. The summed E-state index contributed by atoms with van der Waals surface area (Å²) >= 11 is 0. The summed E-state index contributed by atoms with van der Waals surface area (Å²) in [4.78, 5) is 0.889. The van der Waals surface area contributed by atoms with E-state index in [0.717, 1.165) is 17.6 Å². The van der Waals surface area contributed by atoms with Gasteiger partial charge >= 0.3 is 0 Å². The SMILES string of the molecule is [O-]N1NCCP1. The van der Waals surface area contributed by atoms with Crippen molar-refractivity contribution in [2.75, 3.05) is 12.7 Å². The maximum absolute atomic E-state index is 10.1. The monoisotopic (exact) mass is 105 g/mol. The second kappa shape index (κ2) is 1.85. The lowest BCUT2D eigenvalue weighted by molar-refractivity contribution is 0.497. The molecule has 0 radical (unpaired) electrons. The normalized spacial score (nSPS) is 29.5. The highest BCUT2D eigenvalue weighted by Crippen LogP contribution is 2.16. The van der Waals surface area contributed by atoms with Gasteiger partial charge in [0, 0.05) is 6.54 Å². The van der Waals surface area contributed by atoms with E-state index in [-0.39, 0.29) is 0 Å². The molecule has 0 aromatic carbocycles. The van der Waals surface area contributed by atoms with E-state index in [9.17, 15) is 5.21 Å². The topological polar surface area (TPSA) is 38.3 Å². The molecule has 1 aliphatic heterocycles. The number of hydrazine groups is 1. The zero-order chi connectivity index (χ0) is 4.41. The van der Waals surface area contributed by atoms with Crippen molar-refractivity contribution in [2.45, 2.75) is 0 Å². The summed E-state index contributed by atoms with van der Waals surface area (Å²) in [7, 11) is 0.449.